The molecule has 0 aliphatic carbocycles. The maximum atomic E-state index is 9.84. The van der Waals surface area contributed by atoms with Gasteiger partial charge in [0.05, 0.1) is 13.2 Å². The molecule has 1 N–H and O–H groups in total. The Morgan fingerprint density at radius 1 is 1.33 bits per heavy atom. The molecule has 2 saturated heterocycles. The van der Waals surface area contributed by atoms with Crippen LogP contribution < -0.4 is 0 Å². The van der Waals surface area contributed by atoms with E-state index in [0.717, 1.165) is 6.42 Å². The van der Waals surface area contributed by atoms with Gasteiger partial charge >= 0.3 is 0 Å². The largest absolute Gasteiger partial charge is 0.361 e. The SMILES string of the molecule is CCOC1(C2(O)CCO2)CCO1. The monoisotopic (exact) mass is 174 g/mol. The standard InChI is InChI=1S/C8H14O4/c1-2-10-8(4-6-12-8)7(9)3-5-11-7/h9H,2-6H2,1H3. The zero-order valence-corrected chi connectivity index (χ0v) is 7.21. The van der Waals surface area contributed by atoms with Gasteiger partial charge in [0, 0.05) is 19.4 Å². The molecule has 0 bridgehead atoms. The summed E-state index contributed by atoms with van der Waals surface area (Å²) in [5, 5.41) is 9.84. The van der Waals surface area contributed by atoms with Crippen molar-refractivity contribution in [2.24, 2.45) is 0 Å². The first-order chi connectivity index (χ1) is 5.72. The Bertz CT molecular complexity index is 172. The molecule has 0 amide bonds. The molecule has 4 nitrogen and oxygen atoms in total. The van der Waals surface area contributed by atoms with Gasteiger partial charge in [-0.05, 0) is 6.92 Å². The third-order valence-electron chi connectivity index (χ3n) is 2.52. The zero-order valence-electron chi connectivity index (χ0n) is 7.21. The Hall–Kier alpha value is -0.160. The molecule has 0 aromatic heterocycles. The quantitative estimate of drug-likeness (QED) is 0.666. The molecule has 0 aromatic rings. The molecule has 12 heavy (non-hydrogen) atoms. The third-order valence-corrected chi connectivity index (χ3v) is 2.52. The zero-order chi connectivity index (χ0) is 8.66. The van der Waals surface area contributed by atoms with Gasteiger partial charge in [0.15, 0.2) is 0 Å². The fourth-order valence-electron chi connectivity index (χ4n) is 1.65. The Balaban J connectivity index is 2.05. The van der Waals surface area contributed by atoms with E-state index in [4.69, 9.17) is 14.2 Å². The van der Waals surface area contributed by atoms with Gasteiger partial charge in [0.2, 0.25) is 11.6 Å². The van der Waals surface area contributed by atoms with Crippen LogP contribution in [0.3, 0.4) is 0 Å². The molecule has 70 valence electrons. The van der Waals surface area contributed by atoms with Crippen LogP contribution in [0.25, 0.3) is 0 Å². The molecule has 2 unspecified atom stereocenters. The normalized spacial score (nSPS) is 46.5. The molecule has 0 radical (unpaired) electrons. The third kappa shape index (κ3) is 0.925. The number of rotatable bonds is 3. The van der Waals surface area contributed by atoms with E-state index < -0.39 is 11.6 Å². The lowest BCUT2D eigenvalue weighted by molar-refractivity contribution is -0.471. The topological polar surface area (TPSA) is 47.9 Å². The van der Waals surface area contributed by atoms with Crippen molar-refractivity contribution >= 4 is 0 Å². The highest BCUT2D eigenvalue weighted by molar-refractivity contribution is 4.96. The first-order valence-electron chi connectivity index (χ1n) is 4.37. The molecule has 2 rings (SSSR count). The fraction of sp³-hybridized carbons (Fsp3) is 1.00. The van der Waals surface area contributed by atoms with E-state index in [1.807, 2.05) is 6.92 Å². The predicted octanol–water partition coefficient (Wildman–Crippen LogP) is 0.248. The summed E-state index contributed by atoms with van der Waals surface area (Å²) in [5.41, 5.74) is 0. The first kappa shape index (κ1) is 8.44. The van der Waals surface area contributed by atoms with Gasteiger partial charge in [-0.1, -0.05) is 0 Å². The van der Waals surface area contributed by atoms with Crippen molar-refractivity contribution in [3.05, 3.63) is 0 Å². The van der Waals surface area contributed by atoms with Gasteiger partial charge in [-0.3, -0.25) is 0 Å². The van der Waals surface area contributed by atoms with Crippen LogP contribution in [0.5, 0.6) is 0 Å². The van der Waals surface area contributed by atoms with Crippen molar-refractivity contribution in [1.29, 1.82) is 0 Å². The minimum atomic E-state index is -1.18. The first-order valence-corrected chi connectivity index (χ1v) is 4.37. The minimum absolute atomic E-state index is 0.533. The smallest absolute Gasteiger partial charge is 0.225 e. The Morgan fingerprint density at radius 3 is 2.17 bits per heavy atom. The van der Waals surface area contributed by atoms with Crippen LogP contribution in [-0.2, 0) is 14.2 Å². The van der Waals surface area contributed by atoms with Crippen molar-refractivity contribution in [3.63, 3.8) is 0 Å². The molecule has 0 aromatic carbocycles. The Morgan fingerprint density at radius 2 is 1.92 bits per heavy atom. The van der Waals surface area contributed by atoms with Gasteiger partial charge in [0.1, 0.15) is 0 Å². The van der Waals surface area contributed by atoms with Gasteiger partial charge < -0.3 is 19.3 Å². The highest BCUT2D eigenvalue weighted by atomic mass is 16.8. The van der Waals surface area contributed by atoms with E-state index >= 15 is 0 Å². The van der Waals surface area contributed by atoms with Crippen LogP contribution in [0, 0.1) is 0 Å². The van der Waals surface area contributed by atoms with Crippen LogP contribution in [0.1, 0.15) is 19.8 Å². The lowest BCUT2D eigenvalue weighted by atomic mass is 9.92. The molecule has 2 heterocycles. The van der Waals surface area contributed by atoms with Gasteiger partial charge in [-0.25, -0.2) is 0 Å². The molecular formula is C8H14O4. The van der Waals surface area contributed by atoms with Crippen molar-refractivity contribution < 1.29 is 19.3 Å². The van der Waals surface area contributed by atoms with E-state index in [1.54, 1.807) is 0 Å². The molecule has 4 heteroatoms. The van der Waals surface area contributed by atoms with Crippen LogP contribution in [-0.4, -0.2) is 36.5 Å². The second-order valence-corrected chi connectivity index (χ2v) is 3.17. The van der Waals surface area contributed by atoms with E-state index in [9.17, 15) is 5.11 Å². The predicted molar refractivity (Wildman–Crippen MR) is 40.4 cm³/mol. The van der Waals surface area contributed by atoms with Crippen molar-refractivity contribution in [2.75, 3.05) is 19.8 Å². The molecular weight excluding hydrogens is 160 g/mol. The molecule has 2 fully saturated rings. The van der Waals surface area contributed by atoms with E-state index in [2.05, 4.69) is 0 Å². The van der Waals surface area contributed by atoms with E-state index in [0.29, 0.717) is 26.2 Å². The van der Waals surface area contributed by atoms with Crippen LogP contribution in [0.2, 0.25) is 0 Å². The molecule has 0 saturated carbocycles. The summed E-state index contributed by atoms with van der Waals surface area (Å²) >= 11 is 0. The summed E-state index contributed by atoms with van der Waals surface area (Å²) in [7, 11) is 0. The summed E-state index contributed by atoms with van der Waals surface area (Å²) in [6.45, 7) is 3.65. The van der Waals surface area contributed by atoms with Crippen molar-refractivity contribution in [2.45, 2.75) is 31.3 Å². The maximum absolute atomic E-state index is 9.84. The van der Waals surface area contributed by atoms with Crippen molar-refractivity contribution in [1.82, 2.24) is 0 Å². The fourth-order valence-corrected chi connectivity index (χ4v) is 1.65. The average Bonchev–Trinajstić information content (AvgIpc) is 1.92. The van der Waals surface area contributed by atoms with Crippen LogP contribution >= 0.6 is 0 Å². The minimum Gasteiger partial charge on any atom is -0.361 e. The highest BCUT2D eigenvalue weighted by Gasteiger charge is 2.61. The average molecular weight is 174 g/mol. The number of aliphatic hydroxyl groups is 1. The van der Waals surface area contributed by atoms with Crippen molar-refractivity contribution in [3.8, 4) is 0 Å². The number of hydrogen-bond acceptors (Lipinski definition) is 4. The van der Waals surface area contributed by atoms with E-state index in [1.165, 1.54) is 0 Å². The van der Waals surface area contributed by atoms with Crippen LogP contribution in [0.15, 0.2) is 0 Å². The van der Waals surface area contributed by atoms with Gasteiger partial charge in [-0.2, -0.15) is 0 Å². The molecule has 0 spiro atoms. The Kier molecular flexibility index (Phi) is 1.88. The number of ether oxygens (including phenoxy) is 3. The summed E-state index contributed by atoms with van der Waals surface area (Å²) in [6, 6.07) is 0. The molecule has 2 aliphatic rings. The number of hydrogen-bond donors (Lipinski definition) is 1. The van der Waals surface area contributed by atoms with Crippen LogP contribution in [0.4, 0.5) is 0 Å². The van der Waals surface area contributed by atoms with Gasteiger partial charge in [-0.15, -0.1) is 0 Å². The summed E-state index contributed by atoms with van der Waals surface area (Å²) in [5.74, 6) is -2.04. The second kappa shape index (κ2) is 2.67. The highest BCUT2D eigenvalue weighted by Crippen LogP contribution is 2.45. The Labute approximate surface area is 71.4 Å². The maximum Gasteiger partial charge on any atom is 0.225 e. The lowest BCUT2D eigenvalue weighted by Crippen LogP contribution is -2.69. The van der Waals surface area contributed by atoms with Gasteiger partial charge in [0.25, 0.3) is 0 Å². The molecule has 2 aliphatic heterocycles. The molecule has 2 atom stereocenters. The second-order valence-electron chi connectivity index (χ2n) is 3.17. The van der Waals surface area contributed by atoms with E-state index in [-0.39, 0.29) is 0 Å². The summed E-state index contributed by atoms with van der Waals surface area (Å²) < 4.78 is 15.7. The summed E-state index contributed by atoms with van der Waals surface area (Å²) in [4.78, 5) is 0. The summed E-state index contributed by atoms with van der Waals surface area (Å²) in [6.07, 6.45) is 1.32. The lowest BCUT2D eigenvalue weighted by Gasteiger charge is -2.54.